The normalized spacial score (nSPS) is 9.40. The Morgan fingerprint density at radius 1 is 1.08 bits per heavy atom. The highest BCUT2D eigenvalue weighted by Crippen LogP contribution is 2.18. The molecule has 138 valence electrons. The standard InChI is InChI=1S/C18H20O3S.C2H6.CH4/c1-14-5-7-15(8-6-14)9-10-21-17-4-2-3-16(11-17)12-22-13-18(19)20;1-2;/h2-8,11H,9-10,12-13H2,1H3,(H,19,20);1-2H3;1H4. The van der Waals surface area contributed by atoms with E-state index in [-0.39, 0.29) is 13.2 Å². The minimum Gasteiger partial charge on any atom is -0.493 e. The summed E-state index contributed by atoms with van der Waals surface area (Å²) >= 11 is 1.39. The Morgan fingerprint density at radius 2 is 1.76 bits per heavy atom. The van der Waals surface area contributed by atoms with Crippen LogP contribution in [0.15, 0.2) is 48.5 Å². The molecule has 0 aromatic heterocycles. The van der Waals surface area contributed by atoms with Gasteiger partial charge < -0.3 is 9.84 Å². The van der Waals surface area contributed by atoms with Gasteiger partial charge in [0, 0.05) is 12.2 Å². The lowest BCUT2D eigenvalue weighted by Crippen LogP contribution is -2.02. The van der Waals surface area contributed by atoms with Crippen molar-refractivity contribution in [2.45, 2.75) is 40.4 Å². The first-order chi connectivity index (χ1) is 11.6. The minimum atomic E-state index is -0.782. The summed E-state index contributed by atoms with van der Waals surface area (Å²) in [5, 5.41) is 8.64. The Balaban J connectivity index is 0.00000185. The highest BCUT2D eigenvalue weighted by Gasteiger charge is 2.01. The molecule has 0 saturated heterocycles. The highest BCUT2D eigenvalue weighted by atomic mass is 32.2. The van der Waals surface area contributed by atoms with Gasteiger partial charge in [-0.2, -0.15) is 0 Å². The molecule has 4 heteroatoms. The fourth-order valence-corrected chi connectivity index (χ4v) is 2.71. The van der Waals surface area contributed by atoms with Gasteiger partial charge in [-0.05, 0) is 30.2 Å². The number of thioether (sulfide) groups is 1. The lowest BCUT2D eigenvalue weighted by atomic mass is 10.1. The number of aliphatic carboxylic acids is 1. The fourth-order valence-electron chi connectivity index (χ4n) is 2.02. The van der Waals surface area contributed by atoms with Gasteiger partial charge in [0.15, 0.2) is 0 Å². The zero-order chi connectivity index (χ0) is 17.8. The predicted molar refractivity (Wildman–Crippen MR) is 109 cm³/mol. The molecule has 3 nitrogen and oxygen atoms in total. The van der Waals surface area contributed by atoms with E-state index in [2.05, 4.69) is 31.2 Å². The first kappa shape index (κ1) is 23.1. The van der Waals surface area contributed by atoms with Crippen LogP contribution in [-0.4, -0.2) is 23.4 Å². The molecule has 0 heterocycles. The third-order valence-corrected chi connectivity index (χ3v) is 4.16. The van der Waals surface area contributed by atoms with Gasteiger partial charge in [0.05, 0.1) is 12.4 Å². The smallest absolute Gasteiger partial charge is 0.313 e. The summed E-state index contributed by atoms with van der Waals surface area (Å²) in [5.41, 5.74) is 3.61. The van der Waals surface area contributed by atoms with E-state index in [1.165, 1.54) is 22.9 Å². The molecule has 0 aliphatic rings. The molecule has 0 radical (unpaired) electrons. The van der Waals surface area contributed by atoms with E-state index in [1.54, 1.807) is 0 Å². The van der Waals surface area contributed by atoms with Gasteiger partial charge in [0.25, 0.3) is 0 Å². The Bertz CT molecular complexity index is 609. The summed E-state index contributed by atoms with van der Waals surface area (Å²) in [7, 11) is 0. The van der Waals surface area contributed by atoms with Gasteiger partial charge in [-0.25, -0.2) is 0 Å². The minimum absolute atomic E-state index is 0. The van der Waals surface area contributed by atoms with Crippen molar-refractivity contribution in [3.8, 4) is 5.75 Å². The number of carboxylic acid groups (broad SMARTS) is 1. The first-order valence-corrected chi connectivity index (χ1v) is 9.36. The van der Waals surface area contributed by atoms with Crippen LogP contribution < -0.4 is 4.74 Å². The van der Waals surface area contributed by atoms with Crippen molar-refractivity contribution < 1.29 is 14.6 Å². The second kappa shape index (κ2) is 13.4. The molecule has 0 aliphatic heterocycles. The van der Waals surface area contributed by atoms with Crippen molar-refractivity contribution in [3.05, 3.63) is 65.2 Å². The van der Waals surface area contributed by atoms with Crippen molar-refractivity contribution in [1.82, 2.24) is 0 Å². The van der Waals surface area contributed by atoms with E-state index in [0.29, 0.717) is 12.4 Å². The lowest BCUT2D eigenvalue weighted by Gasteiger charge is -2.08. The topological polar surface area (TPSA) is 46.5 Å². The average molecular weight is 363 g/mol. The van der Waals surface area contributed by atoms with Gasteiger partial charge in [-0.1, -0.05) is 63.2 Å². The highest BCUT2D eigenvalue weighted by molar-refractivity contribution is 7.99. The Hall–Kier alpha value is -1.94. The molecule has 0 fully saturated rings. The molecular formula is C21H30O3S. The van der Waals surface area contributed by atoms with Gasteiger partial charge in [0.2, 0.25) is 0 Å². The molecule has 2 rings (SSSR count). The third-order valence-electron chi connectivity index (χ3n) is 3.17. The van der Waals surface area contributed by atoms with Crippen molar-refractivity contribution >= 4 is 17.7 Å². The van der Waals surface area contributed by atoms with Crippen LogP contribution >= 0.6 is 11.8 Å². The molecule has 0 aliphatic carbocycles. The summed E-state index contributed by atoms with van der Waals surface area (Å²) in [6.45, 7) is 6.71. The first-order valence-electron chi connectivity index (χ1n) is 8.20. The summed E-state index contributed by atoms with van der Waals surface area (Å²) in [4.78, 5) is 10.5. The predicted octanol–water partition coefficient (Wildman–Crippen LogP) is 5.60. The van der Waals surface area contributed by atoms with Crippen LogP contribution in [0.5, 0.6) is 5.75 Å². The number of ether oxygens (including phenoxy) is 1. The zero-order valence-corrected chi connectivity index (χ0v) is 15.4. The SMILES string of the molecule is C.CC.Cc1ccc(CCOc2cccc(CSCC(=O)O)c2)cc1. The Kier molecular flexibility index (Phi) is 12.3. The largest absolute Gasteiger partial charge is 0.493 e. The van der Waals surface area contributed by atoms with Crippen LogP contribution in [0.4, 0.5) is 0 Å². The van der Waals surface area contributed by atoms with Gasteiger partial charge >= 0.3 is 5.97 Å². The molecule has 2 aromatic carbocycles. The van der Waals surface area contributed by atoms with Crippen LogP contribution in [0.3, 0.4) is 0 Å². The van der Waals surface area contributed by atoms with E-state index >= 15 is 0 Å². The van der Waals surface area contributed by atoms with Crippen molar-refractivity contribution in [1.29, 1.82) is 0 Å². The van der Waals surface area contributed by atoms with Crippen LogP contribution in [0, 0.1) is 6.92 Å². The van der Waals surface area contributed by atoms with E-state index in [4.69, 9.17) is 9.84 Å². The number of rotatable bonds is 8. The maximum Gasteiger partial charge on any atom is 0.313 e. The molecule has 1 N–H and O–H groups in total. The molecule has 0 bridgehead atoms. The Labute approximate surface area is 156 Å². The van der Waals surface area contributed by atoms with Crippen molar-refractivity contribution in [3.63, 3.8) is 0 Å². The summed E-state index contributed by atoms with van der Waals surface area (Å²) < 4.78 is 5.78. The number of carboxylic acids is 1. The molecule has 0 spiro atoms. The number of hydrogen-bond donors (Lipinski definition) is 1. The van der Waals surface area contributed by atoms with E-state index in [0.717, 1.165) is 17.7 Å². The Morgan fingerprint density at radius 3 is 2.40 bits per heavy atom. The van der Waals surface area contributed by atoms with Gasteiger partial charge in [0.1, 0.15) is 5.75 Å². The maximum atomic E-state index is 10.5. The number of hydrogen-bond acceptors (Lipinski definition) is 3. The van der Waals surface area contributed by atoms with E-state index in [9.17, 15) is 4.79 Å². The molecule has 0 amide bonds. The second-order valence-corrected chi connectivity index (χ2v) is 6.10. The molecule has 2 aromatic rings. The van der Waals surface area contributed by atoms with Crippen LogP contribution in [0.2, 0.25) is 0 Å². The third kappa shape index (κ3) is 9.82. The van der Waals surface area contributed by atoms with E-state index in [1.807, 2.05) is 38.1 Å². The van der Waals surface area contributed by atoms with E-state index < -0.39 is 5.97 Å². The number of aryl methyl sites for hydroxylation is 1. The van der Waals surface area contributed by atoms with Crippen molar-refractivity contribution in [2.75, 3.05) is 12.4 Å². The van der Waals surface area contributed by atoms with Crippen LogP contribution in [0.25, 0.3) is 0 Å². The maximum absolute atomic E-state index is 10.5. The molecule has 0 unspecified atom stereocenters. The molecule has 0 saturated carbocycles. The molecule has 0 atom stereocenters. The summed E-state index contributed by atoms with van der Waals surface area (Å²) in [6, 6.07) is 16.3. The zero-order valence-electron chi connectivity index (χ0n) is 14.6. The quantitative estimate of drug-likeness (QED) is 0.664. The average Bonchev–Trinajstić information content (AvgIpc) is 2.59. The fraction of sp³-hybridized carbons (Fsp3) is 0.381. The summed E-state index contributed by atoms with van der Waals surface area (Å²) in [5.74, 6) is 0.857. The van der Waals surface area contributed by atoms with Crippen LogP contribution in [0.1, 0.15) is 38.0 Å². The van der Waals surface area contributed by atoms with Crippen molar-refractivity contribution in [2.24, 2.45) is 0 Å². The molecule has 25 heavy (non-hydrogen) atoms. The molecular weight excluding hydrogens is 332 g/mol. The van der Waals surface area contributed by atoms with Gasteiger partial charge in [-0.15, -0.1) is 11.8 Å². The number of carbonyl (C=O) groups is 1. The second-order valence-electron chi connectivity index (χ2n) is 5.12. The van der Waals surface area contributed by atoms with Crippen LogP contribution in [-0.2, 0) is 17.0 Å². The number of benzene rings is 2. The summed E-state index contributed by atoms with van der Waals surface area (Å²) in [6.07, 6.45) is 0.873. The van der Waals surface area contributed by atoms with Gasteiger partial charge in [-0.3, -0.25) is 4.79 Å². The lowest BCUT2D eigenvalue weighted by molar-refractivity contribution is -0.133. The monoisotopic (exact) mass is 362 g/mol.